The first-order chi connectivity index (χ1) is 6.61. The molecular weight excluding hydrogens is 182 g/mol. The zero-order chi connectivity index (χ0) is 11.0. The Morgan fingerprint density at radius 2 is 1.86 bits per heavy atom. The van der Waals surface area contributed by atoms with Crippen molar-refractivity contribution in [2.24, 2.45) is 5.73 Å². The molecule has 0 unspecified atom stereocenters. The number of amides is 1. The zero-order valence-corrected chi connectivity index (χ0v) is 8.91. The molecule has 0 fully saturated rings. The topological polar surface area (TPSA) is 61.6 Å². The molecule has 0 bridgehead atoms. The summed E-state index contributed by atoms with van der Waals surface area (Å²) in [5, 5.41) is 0. The third-order valence-corrected chi connectivity index (χ3v) is 1.74. The Morgan fingerprint density at radius 3 is 2.21 bits per heavy atom. The number of carbonyl (C=O) groups excluding carboxylic acids is 1. The minimum atomic E-state index is -0.461. The molecule has 0 spiro atoms. The van der Waals surface area contributed by atoms with Gasteiger partial charge in [0.1, 0.15) is 0 Å². The summed E-state index contributed by atoms with van der Waals surface area (Å²) in [5.74, 6) is -0.461. The highest BCUT2D eigenvalue weighted by Crippen LogP contribution is 2.09. The molecule has 0 saturated carbocycles. The summed E-state index contributed by atoms with van der Waals surface area (Å²) in [5.41, 5.74) is 5.46. The molecule has 2 N–H and O–H groups in total. The average Bonchev–Trinajstić information content (AvgIpc) is 2.14. The molecule has 0 aromatic heterocycles. The van der Waals surface area contributed by atoms with E-state index in [0.29, 0.717) is 31.6 Å². The summed E-state index contributed by atoms with van der Waals surface area (Å²) in [6.45, 7) is 8.54. The number of hydrogen-bond donors (Lipinski definition) is 1. The second kappa shape index (κ2) is 7.53. The van der Waals surface area contributed by atoms with Crippen molar-refractivity contribution in [2.45, 2.75) is 33.0 Å². The molecule has 1 amide bonds. The van der Waals surface area contributed by atoms with Gasteiger partial charge in [0, 0.05) is 25.2 Å². The minimum Gasteiger partial charge on any atom is -0.366 e. The van der Waals surface area contributed by atoms with Gasteiger partial charge >= 0.3 is 0 Å². The van der Waals surface area contributed by atoms with Crippen LogP contribution in [0, 0.1) is 0 Å². The molecular formula is C10H19NO3. The van der Waals surface area contributed by atoms with Crippen molar-refractivity contribution in [1.82, 2.24) is 0 Å². The van der Waals surface area contributed by atoms with Crippen molar-refractivity contribution in [2.75, 3.05) is 13.2 Å². The molecule has 0 aliphatic heterocycles. The molecule has 0 atom stereocenters. The first kappa shape index (κ1) is 13.1. The SMILES string of the molecule is C=C(CCC(OCC)OCC)C(N)=O. The van der Waals surface area contributed by atoms with Gasteiger partial charge in [-0.3, -0.25) is 4.79 Å². The third-order valence-electron chi connectivity index (χ3n) is 1.74. The van der Waals surface area contributed by atoms with Crippen LogP contribution in [0.2, 0.25) is 0 Å². The van der Waals surface area contributed by atoms with Gasteiger partial charge in [0.2, 0.25) is 5.91 Å². The lowest BCUT2D eigenvalue weighted by atomic mass is 10.1. The molecule has 4 nitrogen and oxygen atoms in total. The summed E-state index contributed by atoms with van der Waals surface area (Å²) in [7, 11) is 0. The Labute approximate surface area is 85.1 Å². The largest absolute Gasteiger partial charge is 0.366 e. The summed E-state index contributed by atoms with van der Waals surface area (Å²) in [4.78, 5) is 10.7. The number of ether oxygens (including phenoxy) is 2. The van der Waals surface area contributed by atoms with Crippen LogP contribution in [-0.2, 0) is 14.3 Å². The molecule has 0 radical (unpaired) electrons. The molecule has 0 heterocycles. The average molecular weight is 201 g/mol. The second-order valence-electron chi connectivity index (χ2n) is 2.85. The number of rotatable bonds is 8. The lowest BCUT2D eigenvalue weighted by Crippen LogP contribution is -2.19. The highest BCUT2D eigenvalue weighted by atomic mass is 16.7. The number of carbonyl (C=O) groups is 1. The molecule has 0 aromatic carbocycles. The van der Waals surface area contributed by atoms with Crippen molar-refractivity contribution in [3.63, 3.8) is 0 Å². The summed E-state index contributed by atoms with van der Waals surface area (Å²) < 4.78 is 10.6. The predicted octanol–water partition coefficient (Wildman–Crippen LogP) is 1.21. The van der Waals surface area contributed by atoms with Gasteiger partial charge in [0.05, 0.1) is 0 Å². The second-order valence-corrected chi connectivity index (χ2v) is 2.85. The highest BCUT2D eigenvalue weighted by Gasteiger charge is 2.10. The summed E-state index contributed by atoms with van der Waals surface area (Å²) in [6, 6.07) is 0. The lowest BCUT2D eigenvalue weighted by molar-refractivity contribution is -0.139. The van der Waals surface area contributed by atoms with Crippen molar-refractivity contribution in [3.05, 3.63) is 12.2 Å². The maximum Gasteiger partial charge on any atom is 0.244 e. The molecule has 82 valence electrons. The van der Waals surface area contributed by atoms with Gasteiger partial charge in [-0.1, -0.05) is 6.58 Å². The molecule has 0 rings (SSSR count). The maximum atomic E-state index is 10.7. The number of hydrogen-bond acceptors (Lipinski definition) is 3. The first-order valence-electron chi connectivity index (χ1n) is 4.82. The fourth-order valence-electron chi connectivity index (χ4n) is 1.00. The van der Waals surface area contributed by atoms with E-state index < -0.39 is 5.91 Å². The van der Waals surface area contributed by atoms with Crippen LogP contribution < -0.4 is 5.73 Å². The lowest BCUT2D eigenvalue weighted by Gasteiger charge is -2.16. The molecule has 14 heavy (non-hydrogen) atoms. The van der Waals surface area contributed by atoms with Gasteiger partial charge < -0.3 is 15.2 Å². The van der Waals surface area contributed by atoms with Crippen molar-refractivity contribution in [1.29, 1.82) is 0 Å². The van der Waals surface area contributed by atoms with Crippen LogP contribution in [0.15, 0.2) is 12.2 Å². The predicted molar refractivity (Wildman–Crippen MR) is 54.6 cm³/mol. The van der Waals surface area contributed by atoms with Gasteiger partial charge in [-0.05, 0) is 20.3 Å². The Kier molecular flexibility index (Phi) is 7.06. The van der Waals surface area contributed by atoms with Gasteiger partial charge in [-0.25, -0.2) is 0 Å². The van der Waals surface area contributed by atoms with E-state index in [-0.39, 0.29) is 6.29 Å². The van der Waals surface area contributed by atoms with E-state index in [9.17, 15) is 4.79 Å². The van der Waals surface area contributed by atoms with E-state index in [4.69, 9.17) is 15.2 Å². The van der Waals surface area contributed by atoms with Gasteiger partial charge in [-0.15, -0.1) is 0 Å². The van der Waals surface area contributed by atoms with Crippen LogP contribution in [0.25, 0.3) is 0 Å². The normalized spacial score (nSPS) is 10.5. The van der Waals surface area contributed by atoms with E-state index in [0.717, 1.165) is 0 Å². The molecule has 4 heteroatoms. The van der Waals surface area contributed by atoms with Crippen LogP contribution in [0.1, 0.15) is 26.7 Å². The monoisotopic (exact) mass is 201 g/mol. The molecule has 0 aliphatic carbocycles. The van der Waals surface area contributed by atoms with Crippen LogP contribution in [0.3, 0.4) is 0 Å². The zero-order valence-electron chi connectivity index (χ0n) is 8.91. The summed E-state index contributed by atoms with van der Waals surface area (Å²) in [6.07, 6.45) is 0.866. The van der Waals surface area contributed by atoms with Crippen LogP contribution in [0.4, 0.5) is 0 Å². The standard InChI is InChI=1S/C10H19NO3/c1-4-13-9(14-5-2)7-6-8(3)10(11)12/h9H,3-7H2,1-2H3,(H2,11,12). The van der Waals surface area contributed by atoms with Crippen LogP contribution >= 0.6 is 0 Å². The minimum absolute atomic E-state index is 0.263. The Hall–Kier alpha value is -0.870. The highest BCUT2D eigenvalue weighted by molar-refractivity contribution is 5.91. The van der Waals surface area contributed by atoms with Gasteiger partial charge in [-0.2, -0.15) is 0 Å². The molecule has 0 saturated heterocycles. The van der Waals surface area contributed by atoms with Crippen LogP contribution in [-0.4, -0.2) is 25.4 Å². The van der Waals surface area contributed by atoms with Crippen molar-refractivity contribution < 1.29 is 14.3 Å². The fraction of sp³-hybridized carbons (Fsp3) is 0.700. The fourth-order valence-corrected chi connectivity index (χ4v) is 1.00. The van der Waals surface area contributed by atoms with Crippen molar-refractivity contribution in [3.8, 4) is 0 Å². The van der Waals surface area contributed by atoms with Crippen LogP contribution in [0.5, 0.6) is 0 Å². The Balaban J connectivity index is 3.80. The number of nitrogens with two attached hydrogens (primary N) is 1. The Morgan fingerprint density at radius 1 is 1.36 bits per heavy atom. The molecule has 0 aliphatic rings. The number of primary amides is 1. The van der Waals surface area contributed by atoms with E-state index in [1.165, 1.54) is 0 Å². The van der Waals surface area contributed by atoms with Gasteiger partial charge in [0.25, 0.3) is 0 Å². The maximum absolute atomic E-state index is 10.7. The van der Waals surface area contributed by atoms with Crippen molar-refractivity contribution >= 4 is 5.91 Å². The first-order valence-corrected chi connectivity index (χ1v) is 4.82. The van der Waals surface area contributed by atoms with E-state index >= 15 is 0 Å². The van der Waals surface area contributed by atoms with E-state index in [2.05, 4.69) is 6.58 Å². The summed E-state index contributed by atoms with van der Waals surface area (Å²) >= 11 is 0. The molecule has 0 aromatic rings. The quantitative estimate of drug-likeness (QED) is 0.474. The van der Waals surface area contributed by atoms with E-state index in [1.807, 2.05) is 13.8 Å². The Bertz CT molecular complexity index is 186. The van der Waals surface area contributed by atoms with E-state index in [1.54, 1.807) is 0 Å². The third kappa shape index (κ3) is 5.72. The van der Waals surface area contributed by atoms with Gasteiger partial charge in [0.15, 0.2) is 6.29 Å². The smallest absolute Gasteiger partial charge is 0.244 e.